The van der Waals surface area contributed by atoms with Crippen molar-refractivity contribution in [3.8, 4) is 0 Å². The lowest BCUT2D eigenvalue weighted by Gasteiger charge is -2.14. The van der Waals surface area contributed by atoms with Crippen molar-refractivity contribution in [2.24, 2.45) is 0 Å². The molecule has 0 saturated carbocycles. The molecule has 1 rings (SSSR count). The van der Waals surface area contributed by atoms with Crippen LogP contribution < -0.4 is 0 Å². The summed E-state index contributed by atoms with van der Waals surface area (Å²) in [6, 6.07) is 8.45. The molecule has 0 N–H and O–H groups in total. The van der Waals surface area contributed by atoms with E-state index in [1.807, 2.05) is 0 Å². The third-order valence-corrected chi connectivity index (χ3v) is 4.06. The van der Waals surface area contributed by atoms with Gasteiger partial charge in [0.2, 0.25) is 0 Å². The van der Waals surface area contributed by atoms with E-state index < -0.39 is 0 Å². The van der Waals surface area contributed by atoms with E-state index in [0.717, 1.165) is 24.8 Å². The molecule has 3 heteroatoms. The van der Waals surface area contributed by atoms with Gasteiger partial charge in [-0.3, -0.25) is 4.79 Å². The number of carbonyl (C=O) groups excluding carboxylic acids is 1. The van der Waals surface area contributed by atoms with Gasteiger partial charge in [0.25, 0.3) is 0 Å². The van der Waals surface area contributed by atoms with Gasteiger partial charge in [-0.15, -0.1) is 0 Å². The number of rotatable bonds is 8. The molecule has 0 bridgehead atoms. The van der Waals surface area contributed by atoms with Gasteiger partial charge in [0, 0.05) is 0 Å². The summed E-state index contributed by atoms with van der Waals surface area (Å²) in [5.74, 6) is -0.238. The second kappa shape index (κ2) is 9.34. The van der Waals surface area contributed by atoms with Crippen molar-refractivity contribution in [2.45, 2.75) is 44.9 Å². The highest BCUT2D eigenvalue weighted by Gasteiger charge is 2.19. The first-order chi connectivity index (χ1) is 9.22. The summed E-state index contributed by atoms with van der Waals surface area (Å²) in [4.78, 5) is 11.8. The van der Waals surface area contributed by atoms with Gasteiger partial charge in [0.1, 0.15) is 0 Å². The lowest BCUT2D eigenvalue weighted by atomic mass is 9.93. The Balaban J connectivity index is 2.69. The molecule has 0 heterocycles. The van der Waals surface area contributed by atoms with E-state index in [-0.39, 0.29) is 11.9 Å². The number of esters is 1. The molecule has 0 fully saturated rings. The van der Waals surface area contributed by atoms with E-state index in [1.54, 1.807) is 0 Å². The first-order valence-corrected chi connectivity index (χ1v) is 8.48. The maximum Gasteiger partial charge on any atom is 0.313 e. The van der Waals surface area contributed by atoms with Crippen LogP contribution in [0.15, 0.2) is 24.3 Å². The van der Waals surface area contributed by atoms with Crippen molar-refractivity contribution in [3.05, 3.63) is 35.4 Å². The number of aryl methyl sites for hydroxylation is 1. The molecule has 0 aliphatic rings. The van der Waals surface area contributed by atoms with Gasteiger partial charge in [0.15, 0.2) is 0 Å². The van der Waals surface area contributed by atoms with Crippen molar-refractivity contribution < 1.29 is 9.53 Å². The second-order valence-electron chi connectivity index (χ2n) is 4.75. The molecule has 0 saturated heterocycles. The lowest BCUT2D eigenvalue weighted by Crippen LogP contribution is -2.14. The van der Waals surface area contributed by atoms with E-state index in [1.165, 1.54) is 29.9 Å². The number of unbranched alkanes of at least 4 members (excludes halogenated alkanes) is 1. The Kier molecular flexibility index (Phi) is 8.10. The van der Waals surface area contributed by atoms with Gasteiger partial charge < -0.3 is 4.74 Å². The summed E-state index contributed by atoms with van der Waals surface area (Å²) < 4.78 is 6.11. The van der Waals surface area contributed by atoms with Crippen LogP contribution in [0.2, 0.25) is 0 Å². The normalized spacial score (nSPS) is 12.2. The molecule has 0 aromatic heterocycles. The number of hydrogen-bond acceptors (Lipinski definition) is 2. The van der Waals surface area contributed by atoms with E-state index in [9.17, 15) is 4.79 Å². The Morgan fingerprint density at radius 2 is 1.95 bits per heavy atom. The van der Waals surface area contributed by atoms with Gasteiger partial charge in [-0.1, -0.05) is 60.2 Å². The third kappa shape index (κ3) is 5.51. The molecule has 0 amide bonds. The topological polar surface area (TPSA) is 26.3 Å². The minimum Gasteiger partial charge on any atom is -0.469 e. The Morgan fingerprint density at radius 3 is 2.47 bits per heavy atom. The van der Waals surface area contributed by atoms with Crippen LogP contribution in [-0.4, -0.2) is 17.5 Å². The van der Waals surface area contributed by atoms with Crippen LogP contribution in [0.1, 0.15) is 49.7 Å². The first-order valence-electron chi connectivity index (χ1n) is 6.95. The summed E-state index contributed by atoms with van der Waals surface area (Å²) >= 11 is 2.41. The Morgan fingerprint density at radius 1 is 1.26 bits per heavy atom. The first kappa shape index (κ1) is 16.5. The summed E-state index contributed by atoms with van der Waals surface area (Å²) in [6.07, 6.45) is 5.46. The molecule has 2 nitrogen and oxygen atoms in total. The molecule has 0 aliphatic heterocycles. The molecule has 1 aromatic rings. The standard InChI is InChI=1S/C16H23IO2/c1-3-6-15(16(18)19-2)14-10-8-13(9-11-14)7-4-5-12-17/h8-11,15H,3-7,12H2,1-2H3/t15-/m0/s1. The van der Waals surface area contributed by atoms with Crippen molar-refractivity contribution in [3.63, 3.8) is 0 Å². The van der Waals surface area contributed by atoms with Crippen LogP contribution in [0.5, 0.6) is 0 Å². The monoisotopic (exact) mass is 374 g/mol. The molecule has 19 heavy (non-hydrogen) atoms. The molecule has 0 unspecified atom stereocenters. The molecular weight excluding hydrogens is 351 g/mol. The summed E-state index contributed by atoms with van der Waals surface area (Å²) in [5, 5.41) is 0. The maximum atomic E-state index is 11.8. The zero-order chi connectivity index (χ0) is 14.1. The summed E-state index contributed by atoms with van der Waals surface area (Å²) in [6.45, 7) is 2.09. The van der Waals surface area contributed by atoms with Crippen molar-refractivity contribution in [1.29, 1.82) is 0 Å². The molecule has 0 spiro atoms. The largest absolute Gasteiger partial charge is 0.469 e. The average molecular weight is 374 g/mol. The Bertz CT molecular complexity index is 373. The summed E-state index contributed by atoms with van der Waals surface area (Å²) in [7, 11) is 1.46. The quantitative estimate of drug-likeness (QED) is 0.290. The number of methoxy groups -OCH3 is 1. The van der Waals surface area contributed by atoms with Gasteiger partial charge in [0.05, 0.1) is 13.0 Å². The van der Waals surface area contributed by atoms with Crippen LogP contribution >= 0.6 is 22.6 Å². The molecular formula is C16H23IO2. The van der Waals surface area contributed by atoms with Crippen molar-refractivity contribution in [1.82, 2.24) is 0 Å². The lowest BCUT2D eigenvalue weighted by molar-refractivity contribution is -0.142. The predicted molar refractivity (Wildman–Crippen MR) is 87.9 cm³/mol. The van der Waals surface area contributed by atoms with Crippen molar-refractivity contribution >= 4 is 28.6 Å². The SMILES string of the molecule is CCC[C@H](C(=O)OC)c1ccc(CCCCI)cc1. The highest BCUT2D eigenvalue weighted by atomic mass is 127. The van der Waals surface area contributed by atoms with E-state index in [0.29, 0.717) is 0 Å². The highest BCUT2D eigenvalue weighted by molar-refractivity contribution is 14.1. The molecule has 0 radical (unpaired) electrons. The van der Waals surface area contributed by atoms with E-state index in [4.69, 9.17) is 4.74 Å². The number of benzene rings is 1. The predicted octanol–water partition coefficient (Wildman–Crippen LogP) is 4.50. The molecule has 1 aromatic carbocycles. The fourth-order valence-corrected chi connectivity index (χ4v) is 2.73. The van der Waals surface area contributed by atoms with Gasteiger partial charge in [-0.25, -0.2) is 0 Å². The zero-order valence-electron chi connectivity index (χ0n) is 11.8. The fraction of sp³-hybridized carbons (Fsp3) is 0.562. The highest BCUT2D eigenvalue weighted by Crippen LogP contribution is 2.23. The Hall–Kier alpha value is -0.580. The molecule has 0 aliphatic carbocycles. The number of halogens is 1. The minimum absolute atomic E-state index is 0.113. The maximum absolute atomic E-state index is 11.8. The van der Waals surface area contributed by atoms with E-state index in [2.05, 4.69) is 53.8 Å². The number of alkyl halides is 1. The van der Waals surface area contributed by atoms with Crippen LogP contribution in [0.3, 0.4) is 0 Å². The van der Waals surface area contributed by atoms with E-state index >= 15 is 0 Å². The van der Waals surface area contributed by atoms with Gasteiger partial charge in [-0.05, 0) is 41.2 Å². The van der Waals surface area contributed by atoms with Crippen LogP contribution in [0.25, 0.3) is 0 Å². The smallest absolute Gasteiger partial charge is 0.313 e. The number of carbonyl (C=O) groups is 1. The van der Waals surface area contributed by atoms with Gasteiger partial charge in [-0.2, -0.15) is 0 Å². The zero-order valence-corrected chi connectivity index (χ0v) is 14.0. The fourth-order valence-electron chi connectivity index (χ4n) is 2.19. The number of hydrogen-bond donors (Lipinski definition) is 0. The molecule has 106 valence electrons. The second-order valence-corrected chi connectivity index (χ2v) is 5.83. The number of ether oxygens (including phenoxy) is 1. The Labute approximate surface area is 130 Å². The van der Waals surface area contributed by atoms with Gasteiger partial charge >= 0.3 is 5.97 Å². The van der Waals surface area contributed by atoms with Crippen LogP contribution in [-0.2, 0) is 16.0 Å². The average Bonchev–Trinajstić information content (AvgIpc) is 2.45. The third-order valence-electron chi connectivity index (χ3n) is 3.29. The minimum atomic E-state index is -0.125. The van der Waals surface area contributed by atoms with Crippen LogP contribution in [0, 0.1) is 0 Å². The molecule has 1 atom stereocenters. The van der Waals surface area contributed by atoms with Crippen LogP contribution in [0.4, 0.5) is 0 Å². The van der Waals surface area contributed by atoms with Crippen molar-refractivity contribution in [2.75, 3.05) is 11.5 Å². The summed E-state index contributed by atoms with van der Waals surface area (Å²) in [5.41, 5.74) is 2.43.